The molecule has 2 amide bonds. The maximum Gasteiger partial charge on any atom is 0.257 e. The van der Waals surface area contributed by atoms with Crippen LogP contribution in [0.3, 0.4) is 0 Å². The van der Waals surface area contributed by atoms with Gasteiger partial charge < -0.3 is 19.5 Å². The SMILES string of the molecule is COc1ccc(Cl)cc1C(=O)N1CCN(C(=O)c2ccc3nc[nH]c3c2)CC1. The number of aromatic nitrogens is 2. The first kappa shape index (κ1) is 18.3. The van der Waals surface area contributed by atoms with E-state index in [9.17, 15) is 9.59 Å². The number of aromatic amines is 1. The number of H-pyrrole nitrogens is 1. The van der Waals surface area contributed by atoms with Crippen LogP contribution in [-0.2, 0) is 0 Å². The molecule has 28 heavy (non-hydrogen) atoms. The predicted octanol–water partition coefficient (Wildman–Crippen LogP) is 2.82. The minimum atomic E-state index is -0.148. The Labute approximate surface area is 166 Å². The van der Waals surface area contributed by atoms with Crippen molar-refractivity contribution in [2.24, 2.45) is 0 Å². The number of piperazine rings is 1. The van der Waals surface area contributed by atoms with Crippen LogP contribution in [0.1, 0.15) is 20.7 Å². The van der Waals surface area contributed by atoms with E-state index in [0.717, 1.165) is 11.0 Å². The zero-order valence-electron chi connectivity index (χ0n) is 15.3. The van der Waals surface area contributed by atoms with Gasteiger partial charge in [-0.05, 0) is 36.4 Å². The van der Waals surface area contributed by atoms with Crippen LogP contribution in [0.2, 0.25) is 5.02 Å². The molecule has 0 spiro atoms. The van der Waals surface area contributed by atoms with Gasteiger partial charge in [0.05, 0.1) is 30.0 Å². The van der Waals surface area contributed by atoms with Crippen LogP contribution in [0.4, 0.5) is 0 Å². The zero-order chi connectivity index (χ0) is 19.7. The number of carbonyl (C=O) groups is 2. The summed E-state index contributed by atoms with van der Waals surface area (Å²) < 4.78 is 5.28. The first-order chi connectivity index (χ1) is 13.6. The lowest BCUT2D eigenvalue weighted by Gasteiger charge is -2.35. The highest BCUT2D eigenvalue weighted by Gasteiger charge is 2.27. The second-order valence-corrected chi connectivity index (χ2v) is 7.00. The molecule has 4 rings (SSSR count). The number of benzene rings is 2. The highest BCUT2D eigenvalue weighted by atomic mass is 35.5. The second kappa shape index (κ2) is 7.52. The number of amides is 2. The van der Waals surface area contributed by atoms with E-state index in [1.165, 1.54) is 7.11 Å². The number of hydrogen-bond donors (Lipinski definition) is 1. The van der Waals surface area contributed by atoms with Gasteiger partial charge in [-0.2, -0.15) is 0 Å². The lowest BCUT2D eigenvalue weighted by Crippen LogP contribution is -2.50. The summed E-state index contributed by atoms with van der Waals surface area (Å²) in [5.74, 6) is 0.287. The molecule has 1 aromatic heterocycles. The average Bonchev–Trinajstić information content (AvgIpc) is 3.20. The molecule has 1 fully saturated rings. The minimum Gasteiger partial charge on any atom is -0.496 e. The second-order valence-electron chi connectivity index (χ2n) is 6.56. The van der Waals surface area contributed by atoms with Crippen molar-refractivity contribution in [3.8, 4) is 5.75 Å². The third kappa shape index (κ3) is 3.41. The summed E-state index contributed by atoms with van der Waals surface area (Å²) in [6.07, 6.45) is 1.60. The molecule has 2 heterocycles. The molecule has 8 heteroatoms. The molecule has 0 bridgehead atoms. The first-order valence-corrected chi connectivity index (χ1v) is 9.30. The highest BCUT2D eigenvalue weighted by Crippen LogP contribution is 2.25. The molecule has 1 N–H and O–H groups in total. The van der Waals surface area contributed by atoms with E-state index in [2.05, 4.69) is 9.97 Å². The van der Waals surface area contributed by atoms with Gasteiger partial charge >= 0.3 is 0 Å². The minimum absolute atomic E-state index is 0.0519. The number of halogens is 1. The Hall–Kier alpha value is -3.06. The third-order valence-corrected chi connectivity index (χ3v) is 5.15. The van der Waals surface area contributed by atoms with Crippen LogP contribution in [0.25, 0.3) is 11.0 Å². The number of imidazole rings is 1. The van der Waals surface area contributed by atoms with Gasteiger partial charge in [0.25, 0.3) is 11.8 Å². The molecule has 0 atom stereocenters. The molecule has 0 aliphatic carbocycles. The summed E-state index contributed by atoms with van der Waals surface area (Å²) >= 11 is 6.04. The number of nitrogens with zero attached hydrogens (tertiary/aromatic N) is 3. The number of nitrogens with one attached hydrogen (secondary N) is 1. The molecule has 1 saturated heterocycles. The van der Waals surface area contributed by atoms with Crippen molar-refractivity contribution < 1.29 is 14.3 Å². The predicted molar refractivity (Wildman–Crippen MR) is 106 cm³/mol. The Morgan fingerprint density at radius 2 is 1.75 bits per heavy atom. The topological polar surface area (TPSA) is 78.5 Å². The van der Waals surface area contributed by atoms with Crippen LogP contribution in [-0.4, -0.2) is 64.9 Å². The van der Waals surface area contributed by atoms with Crippen molar-refractivity contribution in [1.29, 1.82) is 0 Å². The van der Waals surface area contributed by atoms with Gasteiger partial charge in [0.2, 0.25) is 0 Å². The van der Waals surface area contributed by atoms with Crippen molar-refractivity contribution in [1.82, 2.24) is 19.8 Å². The van der Waals surface area contributed by atoms with Crippen molar-refractivity contribution >= 4 is 34.4 Å². The molecule has 1 aliphatic rings. The van der Waals surface area contributed by atoms with E-state index in [1.807, 2.05) is 6.07 Å². The van der Waals surface area contributed by atoms with Gasteiger partial charge in [-0.3, -0.25) is 9.59 Å². The summed E-state index contributed by atoms with van der Waals surface area (Å²) in [5, 5.41) is 0.479. The quantitative estimate of drug-likeness (QED) is 0.735. The molecular formula is C20H19ClN4O3. The van der Waals surface area contributed by atoms with Crippen molar-refractivity contribution in [3.63, 3.8) is 0 Å². The number of carbonyl (C=O) groups excluding carboxylic acids is 2. The van der Waals surface area contributed by atoms with Gasteiger partial charge in [0.15, 0.2) is 0 Å². The van der Waals surface area contributed by atoms with Gasteiger partial charge in [-0.1, -0.05) is 11.6 Å². The molecule has 0 radical (unpaired) electrons. The van der Waals surface area contributed by atoms with Crippen molar-refractivity contribution in [3.05, 3.63) is 58.9 Å². The lowest BCUT2D eigenvalue weighted by molar-refractivity contribution is 0.0533. The largest absolute Gasteiger partial charge is 0.496 e. The summed E-state index contributed by atoms with van der Waals surface area (Å²) in [6.45, 7) is 1.84. The Bertz CT molecular complexity index is 1040. The first-order valence-electron chi connectivity index (χ1n) is 8.92. The zero-order valence-corrected chi connectivity index (χ0v) is 16.1. The molecule has 0 unspecified atom stereocenters. The Morgan fingerprint density at radius 3 is 2.46 bits per heavy atom. The third-order valence-electron chi connectivity index (χ3n) is 4.91. The van der Waals surface area contributed by atoms with E-state index >= 15 is 0 Å². The Morgan fingerprint density at radius 1 is 1.04 bits per heavy atom. The fraction of sp³-hybridized carbons (Fsp3) is 0.250. The van der Waals surface area contributed by atoms with E-state index in [-0.39, 0.29) is 11.8 Å². The van der Waals surface area contributed by atoms with Gasteiger partial charge in [-0.15, -0.1) is 0 Å². The fourth-order valence-corrected chi connectivity index (χ4v) is 3.55. The van der Waals surface area contributed by atoms with E-state index < -0.39 is 0 Å². The van der Waals surface area contributed by atoms with Crippen molar-refractivity contribution in [2.75, 3.05) is 33.3 Å². The van der Waals surface area contributed by atoms with E-state index in [4.69, 9.17) is 16.3 Å². The molecule has 1 aliphatic heterocycles. The van der Waals surface area contributed by atoms with Crippen LogP contribution >= 0.6 is 11.6 Å². The van der Waals surface area contributed by atoms with E-state index in [1.54, 1.807) is 46.5 Å². The fourth-order valence-electron chi connectivity index (χ4n) is 3.38. The number of methoxy groups -OCH3 is 1. The lowest BCUT2D eigenvalue weighted by atomic mass is 10.1. The smallest absolute Gasteiger partial charge is 0.257 e. The normalized spacial score (nSPS) is 14.4. The molecule has 7 nitrogen and oxygen atoms in total. The number of rotatable bonds is 3. The molecule has 2 aromatic carbocycles. The van der Waals surface area contributed by atoms with Crippen LogP contribution in [0.5, 0.6) is 5.75 Å². The molecule has 0 saturated carbocycles. The summed E-state index contributed by atoms with van der Waals surface area (Å²) in [6, 6.07) is 10.4. The number of ether oxygens (including phenoxy) is 1. The van der Waals surface area contributed by atoms with Crippen LogP contribution < -0.4 is 4.74 Å². The van der Waals surface area contributed by atoms with Gasteiger partial charge in [-0.25, -0.2) is 4.98 Å². The maximum atomic E-state index is 12.9. The molecule has 144 valence electrons. The number of fused-ring (bicyclic) bond motifs is 1. The standard InChI is InChI=1S/C20H19ClN4O3/c1-28-18-5-3-14(21)11-15(18)20(27)25-8-6-24(7-9-25)19(26)13-2-4-16-17(10-13)23-12-22-16/h2-5,10-12H,6-9H2,1H3,(H,22,23). The summed E-state index contributed by atoms with van der Waals surface area (Å²) in [7, 11) is 1.52. The maximum absolute atomic E-state index is 12.9. The number of hydrogen-bond acceptors (Lipinski definition) is 4. The molecule has 3 aromatic rings. The Balaban J connectivity index is 1.45. The average molecular weight is 399 g/mol. The van der Waals surface area contributed by atoms with Gasteiger partial charge in [0.1, 0.15) is 5.75 Å². The molecular weight excluding hydrogens is 380 g/mol. The Kier molecular flexibility index (Phi) is 4.92. The summed E-state index contributed by atoms with van der Waals surface area (Å²) in [4.78, 5) is 36.3. The van der Waals surface area contributed by atoms with Crippen LogP contribution in [0, 0.1) is 0 Å². The van der Waals surface area contributed by atoms with Crippen molar-refractivity contribution in [2.45, 2.75) is 0 Å². The highest BCUT2D eigenvalue weighted by molar-refractivity contribution is 6.31. The van der Waals surface area contributed by atoms with Gasteiger partial charge in [0, 0.05) is 36.8 Å². The van der Waals surface area contributed by atoms with Crippen LogP contribution in [0.15, 0.2) is 42.7 Å². The van der Waals surface area contributed by atoms with E-state index in [0.29, 0.717) is 48.1 Å². The summed E-state index contributed by atoms with van der Waals surface area (Å²) in [5.41, 5.74) is 2.68. The monoisotopic (exact) mass is 398 g/mol.